The van der Waals surface area contributed by atoms with Crippen molar-refractivity contribution in [3.8, 4) is 5.75 Å². The maximum atomic E-state index is 14.6. The summed E-state index contributed by atoms with van der Waals surface area (Å²) in [5.74, 6) is -2.71. The molecular weight excluding hydrogens is 500 g/mol. The molecule has 0 saturated carbocycles. The number of piperazine rings is 1. The Morgan fingerprint density at radius 2 is 2.00 bits per heavy atom. The van der Waals surface area contributed by atoms with Crippen LogP contribution >= 0.6 is 23.1 Å². The Morgan fingerprint density at radius 1 is 1.24 bits per heavy atom. The number of hydrogen-bond donors (Lipinski definition) is 3. The number of hydrogen-bond acceptors (Lipinski definition) is 9. The van der Waals surface area contributed by atoms with Crippen molar-refractivity contribution in [2.45, 2.75) is 17.2 Å². The molecule has 3 N–H and O–H groups in total. The first-order chi connectivity index (χ1) is 15.7. The minimum Gasteiger partial charge on any atom is -0.488 e. The summed E-state index contributed by atoms with van der Waals surface area (Å²) in [6.45, 7) is 0.594. The summed E-state index contributed by atoms with van der Waals surface area (Å²) in [7, 11) is -4.42. The number of aromatic nitrogens is 2. The molecule has 0 amide bonds. The number of halogens is 3. The van der Waals surface area contributed by atoms with Crippen LogP contribution in [0.15, 0.2) is 47.6 Å². The highest BCUT2D eigenvalue weighted by Gasteiger charge is 2.31. The quantitative estimate of drug-likeness (QED) is 0.437. The molecule has 4 rings (SSSR count). The van der Waals surface area contributed by atoms with Gasteiger partial charge in [0.1, 0.15) is 29.9 Å². The van der Waals surface area contributed by atoms with Crippen LogP contribution in [0, 0.1) is 11.6 Å². The topological polar surface area (TPSA) is 117 Å². The van der Waals surface area contributed by atoms with Gasteiger partial charge in [-0.1, -0.05) is 11.6 Å². The van der Waals surface area contributed by atoms with E-state index >= 15 is 0 Å². The lowest BCUT2D eigenvalue weighted by molar-refractivity contribution is 0.118. The van der Waals surface area contributed by atoms with Gasteiger partial charge in [0.25, 0.3) is 10.0 Å². The maximum Gasteiger partial charge on any atom is 0.266 e. The second kappa shape index (κ2) is 9.73. The molecule has 1 saturated heterocycles. The van der Waals surface area contributed by atoms with Crippen molar-refractivity contribution < 1.29 is 27.0 Å². The summed E-state index contributed by atoms with van der Waals surface area (Å²) in [6, 6.07) is 7.59. The van der Waals surface area contributed by atoms with Gasteiger partial charge in [0.05, 0.1) is 6.04 Å². The first-order valence-corrected chi connectivity index (χ1v) is 12.2. The predicted octanol–water partition coefficient (Wildman–Crippen LogP) is 2.45. The van der Waals surface area contributed by atoms with E-state index < -0.39 is 44.6 Å². The lowest BCUT2D eigenvalue weighted by Gasteiger charge is -2.41. The number of aliphatic hydroxyl groups is 1. The number of ether oxygens (including phenoxy) is 1. The van der Waals surface area contributed by atoms with E-state index in [0.29, 0.717) is 35.9 Å². The summed E-state index contributed by atoms with van der Waals surface area (Å²) >= 11 is 6.68. The lowest BCUT2D eigenvalue weighted by atomic mass is 10.1. The molecule has 3 aromatic rings. The van der Waals surface area contributed by atoms with Crippen LogP contribution in [-0.2, 0) is 10.0 Å². The van der Waals surface area contributed by atoms with E-state index in [1.165, 1.54) is 0 Å². The van der Waals surface area contributed by atoms with Crippen LogP contribution in [0.2, 0.25) is 5.02 Å². The highest BCUT2D eigenvalue weighted by Crippen LogP contribution is 2.28. The van der Waals surface area contributed by atoms with Crippen LogP contribution in [0.1, 0.15) is 0 Å². The molecule has 2 aromatic carbocycles. The molecule has 0 spiro atoms. The highest BCUT2D eigenvalue weighted by molar-refractivity contribution is 7.93. The fraction of sp³-hybridized carbons (Fsp3) is 0.263. The van der Waals surface area contributed by atoms with Crippen LogP contribution in [0.25, 0.3) is 0 Å². The number of benzene rings is 2. The average molecular weight is 518 g/mol. The van der Waals surface area contributed by atoms with Crippen LogP contribution in [0.4, 0.5) is 19.6 Å². The summed E-state index contributed by atoms with van der Waals surface area (Å²) in [6.07, 6.45) is 0.245. The van der Waals surface area contributed by atoms with E-state index in [0.717, 1.165) is 17.9 Å². The Bertz CT molecular complexity index is 1220. The van der Waals surface area contributed by atoms with Gasteiger partial charge in [-0.2, -0.15) is 4.37 Å². The van der Waals surface area contributed by atoms with Crippen LogP contribution in [0.3, 0.4) is 0 Å². The second-order valence-corrected chi connectivity index (χ2v) is 9.92. The Labute approximate surface area is 197 Å². The zero-order chi connectivity index (χ0) is 23.6. The summed E-state index contributed by atoms with van der Waals surface area (Å²) < 4.78 is 65.1. The van der Waals surface area contributed by atoms with E-state index in [9.17, 15) is 22.3 Å². The minimum absolute atomic E-state index is 0.0826. The van der Waals surface area contributed by atoms with Crippen LogP contribution in [-0.4, -0.2) is 54.8 Å². The molecule has 0 bridgehead atoms. The van der Waals surface area contributed by atoms with Crippen molar-refractivity contribution in [3.63, 3.8) is 0 Å². The molecule has 176 valence electrons. The minimum atomic E-state index is -4.42. The van der Waals surface area contributed by atoms with Gasteiger partial charge in [0.2, 0.25) is 5.13 Å². The lowest BCUT2D eigenvalue weighted by Crippen LogP contribution is -2.59. The molecule has 0 aliphatic carbocycles. The van der Waals surface area contributed by atoms with Gasteiger partial charge in [-0.25, -0.2) is 22.2 Å². The smallest absolute Gasteiger partial charge is 0.266 e. The molecule has 1 fully saturated rings. The third-order valence-corrected chi connectivity index (χ3v) is 7.15. The number of β-amino-alcohol motifs (C(OH)–C–C–N with tert-alkyl or cyclic N) is 1. The van der Waals surface area contributed by atoms with Crippen molar-refractivity contribution in [1.29, 1.82) is 0 Å². The van der Waals surface area contributed by atoms with Gasteiger partial charge in [-0.05, 0) is 24.3 Å². The number of nitrogens with one attached hydrogen (secondary N) is 2. The van der Waals surface area contributed by atoms with Crippen LogP contribution in [0.5, 0.6) is 5.75 Å². The van der Waals surface area contributed by atoms with Crippen molar-refractivity contribution in [2.24, 2.45) is 0 Å². The summed E-state index contributed by atoms with van der Waals surface area (Å²) in [5, 5.41) is 13.9. The number of nitrogens with zero attached hydrogens (tertiary/aromatic N) is 3. The van der Waals surface area contributed by atoms with Gasteiger partial charge in [0.15, 0.2) is 11.6 Å². The van der Waals surface area contributed by atoms with Crippen molar-refractivity contribution >= 4 is 44.0 Å². The highest BCUT2D eigenvalue weighted by atomic mass is 35.5. The normalized spacial score (nSPS) is 18.8. The molecular formula is C19H18ClF2N5O4S2. The summed E-state index contributed by atoms with van der Waals surface area (Å²) in [4.78, 5) is 4.46. The van der Waals surface area contributed by atoms with E-state index in [1.807, 2.05) is 4.72 Å². The fourth-order valence-corrected chi connectivity index (χ4v) is 5.21. The first kappa shape index (κ1) is 23.6. The molecule has 33 heavy (non-hydrogen) atoms. The standard InChI is InChI=1S/C19H18ClF2N5O4S2/c20-11-1-3-12(4-2-11)27-13(7-23-8-18(27)28)9-31-16-5-15(22)17(6-14(16)21)33(29,30)26-19-24-10-25-32-19/h1-6,10,13,18,23,28H,7-9H2,(H,24,25,26). The van der Waals surface area contributed by atoms with E-state index in [2.05, 4.69) is 14.7 Å². The SMILES string of the molecule is O=S(=O)(Nc1ncns1)c1cc(F)c(OCC2CNCC(O)N2c2ccc(Cl)cc2)cc1F. The Morgan fingerprint density at radius 3 is 2.70 bits per heavy atom. The molecule has 1 aromatic heterocycles. The second-order valence-electron chi connectivity index (χ2n) is 7.05. The molecule has 9 nitrogen and oxygen atoms in total. The molecule has 14 heteroatoms. The van der Waals surface area contributed by atoms with E-state index in [-0.39, 0.29) is 11.7 Å². The number of anilines is 2. The Balaban J connectivity index is 1.51. The van der Waals surface area contributed by atoms with E-state index in [4.69, 9.17) is 16.3 Å². The number of rotatable bonds is 7. The fourth-order valence-electron chi connectivity index (χ4n) is 3.36. The maximum absolute atomic E-state index is 14.6. The molecule has 2 atom stereocenters. The van der Waals surface area contributed by atoms with Crippen molar-refractivity contribution in [1.82, 2.24) is 14.7 Å². The van der Waals surface area contributed by atoms with Gasteiger partial charge >= 0.3 is 0 Å². The van der Waals surface area contributed by atoms with Gasteiger partial charge in [0, 0.05) is 47.5 Å². The number of sulfonamides is 1. The zero-order valence-electron chi connectivity index (χ0n) is 16.8. The largest absolute Gasteiger partial charge is 0.488 e. The number of aliphatic hydroxyl groups excluding tert-OH is 1. The molecule has 2 unspecified atom stereocenters. The third kappa shape index (κ3) is 5.33. The van der Waals surface area contributed by atoms with Crippen LogP contribution < -0.4 is 19.7 Å². The molecule has 1 aliphatic rings. The van der Waals surface area contributed by atoms with Gasteiger partial charge in [-0.15, -0.1) is 0 Å². The third-order valence-electron chi connectivity index (χ3n) is 4.84. The molecule has 2 heterocycles. The van der Waals surface area contributed by atoms with Gasteiger partial charge in [-0.3, -0.25) is 4.72 Å². The monoisotopic (exact) mass is 517 g/mol. The van der Waals surface area contributed by atoms with Crippen molar-refractivity contribution in [2.75, 3.05) is 29.3 Å². The Hall–Kier alpha value is -2.58. The van der Waals surface area contributed by atoms with E-state index in [1.54, 1.807) is 29.2 Å². The van der Waals surface area contributed by atoms with Crippen molar-refractivity contribution in [3.05, 3.63) is 59.4 Å². The average Bonchev–Trinajstić information content (AvgIpc) is 3.27. The van der Waals surface area contributed by atoms with Gasteiger partial charge < -0.3 is 20.1 Å². The molecule has 1 aliphatic heterocycles. The summed E-state index contributed by atoms with van der Waals surface area (Å²) in [5.41, 5.74) is 0.679. The predicted molar refractivity (Wildman–Crippen MR) is 119 cm³/mol. The zero-order valence-corrected chi connectivity index (χ0v) is 19.2. The Kier molecular flexibility index (Phi) is 6.95. The first-order valence-electron chi connectivity index (χ1n) is 9.58. The molecule has 0 radical (unpaired) electrons.